The quantitative estimate of drug-likeness (QED) is 0.878. The maximum atomic E-state index is 10.7. The molecule has 0 atom stereocenters. The summed E-state index contributed by atoms with van der Waals surface area (Å²) in [4.78, 5) is 10.7. The molecule has 0 bridgehead atoms. The molecular formula is C12H9Cl2NO2S. The molecule has 0 saturated carbocycles. The van der Waals surface area contributed by atoms with Gasteiger partial charge >= 0.3 is 5.97 Å². The summed E-state index contributed by atoms with van der Waals surface area (Å²) >= 11 is 13.4. The summed E-state index contributed by atoms with van der Waals surface area (Å²) in [6.45, 7) is 0. The highest BCUT2D eigenvalue weighted by molar-refractivity contribution is 7.08. The summed E-state index contributed by atoms with van der Waals surface area (Å²) in [5.74, 6) is -0.867. The van der Waals surface area contributed by atoms with Crippen LogP contribution in [0, 0.1) is 0 Å². The smallest absolute Gasteiger partial charge is 0.307 e. The van der Waals surface area contributed by atoms with E-state index in [1.54, 1.807) is 23.6 Å². The third kappa shape index (κ3) is 2.96. The molecule has 2 rings (SSSR count). The van der Waals surface area contributed by atoms with Gasteiger partial charge in [0.2, 0.25) is 0 Å². The van der Waals surface area contributed by atoms with Crippen LogP contribution in [0.3, 0.4) is 0 Å². The Hall–Kier alpha value is -1.23. The molecule has 0 amide bonds. The molecule has 1 aromatic heterocycles. The average molecular weight is 302 g/mol. The number of nitrogens with one attached hydrogen (secondary N) is 1. The predicted molar refractivity (Wildman–Crippen MR) is 75.4 cm³/mol. The molecule has 0 radical (unpaired) electrons. The van der Waals surface area contributed by atoms with Crippen molar-refractivity contribution in [1.29, 1.82) is 0 Å². The van der Waals surface area contributed by atoms with Gasteiger partial charge in [-0.3, -0.25) is 4.79 Å². The third-order valence-corrected chi connectivity index (χ3v) is 3.92. The number of anilines is 2. The van der Waals surface area contributed by atoms with E-state index in [-0.39, 0.29) is 6.42 Å². The fourth-order valence-electron chi connectivity index (χ4n) is 1.48. The zero-order valence-corrected chi connectivity index (χ0v) is 11.4. The molecule has 18 heavy (non-hydrogen) atoms. The minimum Gasteiger partial charge on any atom is -0.481 e. The van der Waals surface area contributed by atoms with E-state index >= 15 is 0 Å². The zero-order chi connectivity index (χ0) is 13.1. The molecule has 0 spiro atoms. The Morgan fingerprint density at radius 2 is 2.06 bits per heavy atom. The summed E-state index contributed by atoms with van der Waals surface area (Å²) in [5, 5.41) is 16.4. The molecule has 0 aliphatic rings. The standard InChI is InChI=1S/C12H9Cl2NO2S/c13-8-2-1-3-9(12(8)14)15-10-6-18-5-7(10)4-11(16)17/h1-3,5-6,15H,4H2,(H,16,17). The lowest BCUT2D eigenvalue weighted by Gasteiger charge is -2.09. The van der Waals surface area contributed by atoms with Crippen molar-refractivity contribution in [2.45, 2.75) is 6.42 Å². The largest absolute Gasteiger partial charge is 0.481 e. The van der Waals surface area contributed by atoms with Crippen molar-refractivity contribution in [3.05, 3.63) is 44.6 Å². The number of rotatable bonds is 4. The van der Waals surface area contributed by atoms with Gasteiger partial charge in [0.25, 0.3) is 0 Å². The molecule has 0 fully saturated rings. The molecule has 94 valence electrons. The fraction of sp³-hybridized carbons (Fsp3) is 0.0833. The van der Waals surface area contributed by atoms with Crippen LogP contribution in [0.25, 0.3) is 0 Å². The van der Waals surface area contributed by atoms with Crippen LogP contribution >= 0.6 is 34.5 Å². The molecule has 2 N–H and O–H groups in total. The topological polar surface area (TPSA) is 49.3 Å². The number of carboxylic acid groups (broad SMARTS) is 1. The molecular weight excluding hydrogens is 293 g/mol. The van der Waals surface area contributed by atoms with E-state index in [2.05, 4.69) is 5.32 Å². The molecule has 6 heteroatoms. The van der Waals surface area contributed by atoms with Gasteiger partial charge in [-0.15, -0.1) is 11.3 Å². The lowest BCUT2D eigenvalue weighted by atomic mass is 10.2. The van der Waals surface area contributed by atoms with Gasteiger partial charge in [0.1, 0.15) is 0 Å². The van der Waals surface area contributed by atoms with Crippen LogP contribution in [0.15, 0.2) is 29.0 Å². The maximum Gasteiger partial charge on any atom is 0.307 e. The van der Waals surface area contributed by atoms with E-state index in [1.165, 1.54) is 11.3 Å². The van der Waals surface area contributed by atoms with Gasteiger partial charge in [-0.05, 0) is 23.1 Å². The highest BCUT2D eigenvalue weighted by Crippen LogP contribution is 2.33. The van der Waals surface area contributed by atoms with Crippen LogP contribution in [0.5, 0.6) is 0 Å². The van der Waals surface area contributed by atoms with Crippen LogP contribution in [0.2, 0.25) is 10.0 Å². The summed E-state index contributed by atoms with van der Waals surface area (Å²) in [5.41, 5.74) is 2.13. The predicted octanol–water partition coefficient (Wildman–Crippen LogP) is 4.43. The molecule has 0 saturated heterocycles. The normalized spacial score (nSPS) is 10.3. The van der Waals surface area contributed by atoms with Crippen molar-refractivity contribution in [3.8, 4) is 0 Å². The zero-order valence-electron chi connectivity index (χ0n) is 9.11. The number of carbonyl (C=O) groups is 1. The molecule has 1 aromatic carbocycles. The van der Waals surface area contributed by atoms with Crippen LogP contribution in [0.4, 0.5) is 11.4 Å². The van der Waals surface area contributed by atoms with Gasteiger partial charge in [0.05, 0.1) is 27.8 Å². The molecule has 2 aromatic rings. The van der Waals surface area contributed by atoms with Crippen LogP contribution in [-0.4, -0.2) is 11.1 Å². The monoisotopic (exact) mass is 301 g/mol. The number of thiophene rings is 1. The first-order valence-electron chi connectivity index (χ1n) is 5.06. The van der Waals surface area contributed by atoms with Crippen LogP contribution in [0.1, 0.15) is 5.56 Å². The Bertz CT molecular complexity index is 583. The van der Waals surface area contributed by atoms with Crippen molar-refractivity contribution in [3.63, 3.8) is 0 Å². The Kier molecular flexibility index (Phi) is 4.11. The first-order valence-corrected chi connectivity index (χ1v) is 6.75. The Labute approximate surface area is 118 Å². The van der Waals surface area contributed by atoms with E-state index in [0.29, 0.717) is 15.7 Å². The minimum atomic E-state index is -0.867. The minimum absolute atomic E-state index is 0.0238. The van der Waals surface area contributed by atoms with Crippen molar-refractivity contribution < 1.29 is 9.90 Å². The Balaban J connectivity index is 2.26. The van der Waals surface area contributed by atoms with E-state index in [4.69, 9.17) is 28.3 Å². The van der Waals surface area contributed by atoms with Gasteiger partial charge < -0.3 is 10.4 Å². The first kappa shape index (κ1) is 13.2. The second kappa shape index (κ2) is 5.61. The summed E-state index contributed by atoms with van der Waals surface area (Å²) in [6, 6.07) is 5.26. The van der Waals surface area contributed by atoms with Gasteiger partial charge in [-0.25, -0.2) is 0 Å². The number of halogens is 2. The summed E-state index contributed by atoms with van der Waals surface area (Å²) in [7, 11) is 0. The second-order valence-corrected chi connectivity index (χ2v) is 5.14. The van der Waals surface area contributed by atoms with E-state index in [9.17, 15) is 4.79 Å². The Morgan fingerprint density at radius 3 is 2.78 bits per heavy atom. The fourth-order valence-corrected chi connectivity index (χ4v) is 2.62. The Morgan fingerprint density at radius 1 is 1.28 bits per heavy atom. The lowest BCUT2D eigenvalue weighted by molar-refractivity contribution is -0.136. The van der Waals surface area contributed by atoms with E-state index in [0.717, 1.165) is 11.3 Å². The van der Waals surface area contributed by atoms with Crippen LogP contribution < -0.4 is 5.32 Å². The SMILES string of the molecule is O=C(O)Cc1cscc1Nc1cccc(Cl)c1Cl. The van der Waals surface area contributed by atoms with Gasteiger partial charge in [0.15, 0.2) is 0 Å². The van der Waals surface area contributed by atoms with Crippen molar-refractivity contribution in [2.75, 3.05) is 5.32 Å². The van der Waals surface area contributed by atoms with Gasteiger partial charge in [-0.1, -0.05) is 29.3 Å². The van der Waals surface area contributed by atoms with E-state index < -0.39 is 5.97 Å². The number of aliphatic carboxylic acids is 1. The summed E-state index contributed by atoms with van der Waals surface area (Å²) < 4.78 is 0. The molecule has 0 aliphatic carbocycles. The average Bonchev–Trinajstić information content (AvgIpc) is 2.72. The highest BCUT2D eigenvalue weighted by atomic mass is 35.5. The van der Waals surface area contributed by atoms with Gasteiger partial charge in [-0.2, -0.15) is 0 Å². The highest BCUT2D eigenvalue weighted by Gasteiger charge is 2.10. The number of hydrogen-bond acceptors (Lipinski definition) is 3. The van der Waals surface area contributed by atoms with Crippen molar-refractivity contribution in [1.82, 2.24) is 0 Å². The van der Waals surface area contributed by atoms with Crippen molar-refractivity contribution >= 4 is 51.9 Å². The third-order valence-electron chi connectivity index (χ3n) is 2.30. The van der Waals surface area contributed by atoms with Gasteiger partial charge in [0, 0.05) is 5.38 Å². The number of benzene rings is 1. The van der Waals surface area contributed by atoms with Crippen molar-refractivity contribution in [2.24, 2.45) is 0 Å². The molecule has 0 unspecified atom stereocenters. The summed E-state index contributed by atoms with van der Waals surface area (Å²) in [6.07, 6.45) is -0.0238. The number of carboxylic acids is 1. The lowest BCUT2D eigenvalue weighted by Crippen LogP contribution is -2.01. The molecule has 3 nitrogen and oxygen atoms in total. The maximum absolute atomic E-state index is 10.7. The van der Waals surface area contributed by atoms with E-state index in [1.807, 2.05) is 5.38 Å². The molecule has 0 aliphatic heterocycles. The number of hydrogen-bond donors (Lipinski definition) is 2. The second-order valence-electron chi connectivity index (χ2n) is 3.61. The molecule has 1 heterocycles. The first-order chi connectivity index (χ1) is 8.58. The van der Waals surface area contributed by atoms with Crippen LogP contribution in [-0.2, 0) is 11.2 Å².